The molecule has 2 heterocycles. The molecule has 2 aromatic heterocycles. The van der Waals surface area contributed by atoms with Crippen LogP contribution in [0.1, 0.15) is 60.1 Å². The zero-order valence-electron chi connectivity index (χ0n) is 22.5. The standard InChI is InChI=1S/C30H35N3O4/c1-7-11-22-17-21(18-33-26(8-2)32-27-19(3)16-20(4)31-29(27)33)14-15-24(22)37-28(30(34)36-6)23-12-9-10-13-25(23)35-5/h9-10,12-17,28H,7-8,11,18H2,1-6H3. The van der Waals surface area contributed by atoms with Crippen LogP contribution >= 0.6 is 0 Å². The summed E-state index contributed by atoms with van der Waals surface area (Å²) in [5.41, 5.74) is 6.76. The van der Waals surface area contributed by atoms with E-state index >= 15 is 0 Å². The van der Waals surface area contributed by atoms with Crippen molar-refractivity contribution in [3.63, 3.8) is 0 Å². The number of hydrogen-bond donors (Lipinski definition) is 0. The number of benzene rings is 2. The number of carbonyl (C=O) groups excluding carboxylic acids is 1. The molecule has 0 saturated carbocycles. The number of imidazole rings is 1. The number of aromatic nitrogens is 3. The molecule has 2 aromatic carbocycles. The van der Waals surface area contributed by atoms with Gasteiger partial charge in [-0.25, -0.2) is 14.8 Å². The van der Waals surface area contributed by atoms with Crippen LogP contribution in [0, 0.1) is 13.8 Å². The molecule has 0 aliphatic carbocycles. The van der Waals surface area contributed by atoms with E-state index in [1.165, 1.54) is 7.11 Å². The van der Waals surface area contributed by atoms with Gasteiger partial charge < -0.3 is 18.8 Å². The highest BCUT2D eigenvalue weighted by molar-refractivity contribution is 5.78. The second-order valence-electron chi connectivity index (χ2n) is 9.18. The molecule has 0 saturated heterocycles. The first-order valence-corrected chi connectivity index (χ1v) is 12.7. The van der Waals surface area contributed by atoms with Gasteiger partial charge in [-0.3, -0.25) is 0 Å². The summed E-state index contributed by atoms with van der Waals surface area (Å²) in [6.07, 6.45) is 1.62. The molecule has 0 radical (unpaired) electrons. The Morgan fingerprint density at radius 1 is 1.00 bits per heavy atom. The molecule has 0 aliphatic rings. The number of methoxy groups -OCH3 is 2. The summed E-state index contributed by atoms with van der Waals surface area (Å²) < 4.78 is 19.1. The first kappa shape index (κ1) is 26.2. The number of pyridine rings is 1. The summed E-state index contributed by atoms with van der Waals surface area (Å²) in [5.74, 6) is 1.76. The Bertz CT molecular complexity index is 1410. The lowest BCUT2D eigenvalue weighted by atomic mass is 10.0. The average molecular weight is 502 g/mol. The molecule has 7 heteroatoms. The maximum Gasteiger partial charge on any atom is 0.351 e. The highest BCUT2D eigenvalue weighted by atomic mass is 16.6. The maximum absolute atomic E-state index is 12.8. The molecule has 4 rings (SSSR count). The minimum atomic E-state index is -0.943. The monoisotopic (exact) mass is 501 g/mol. The Morgan fingerprint density at radius 2 is 1.78 bits per heavy atom. The van der Waals surface area contributed by atoms with Crippen LogP contribution in [0.25, 0.3) is 11.2 Å². The van der Waals surface area contributed by atoms with Gasteiger partial charge >= 0.3 is 5.97 Å². The van der Waals surface area contributed by atoms with Gasteiger partial charge in [0.15, 0.2) is 5.65 Å². The van der Waals surface area contributed by atoms with Crippen LogP contribution in [0.3, 0.4) is 0 Å². The van der Waals surface area contributed by atoms with Crippen molar-refractivity contribution in [2.75, 3.05) is 14.2 Å². The predicted octanol–water partition coefficient (Wildman–Crippen LogP) is 5.91. The summed E-state index contributed by atoms with van der Waals surface area (Å²) in [5, 5.41) is 0. The molecular weight excluding hydrogens is 466 g/mol. The van der Waals surface area contributed by atoms with Crippen LogP contribution in [-0.2, 0) is 28.9 Å². The van der Waals surface area contributed by atoms with Gasteiger partial charge in [0.25, 0.3) is 0 Å². The lowest BCUT2D eigenvalue weighted by Crippen LogP contribution is -2.21. The van der Waals surface area contributed by atoms with Gasteiger partial charge in [-0.2, -0.15) is 0 Å². The lowest BCUT2D eigenvalue weighted by molar-refractivity contribution is -0.149. The van der Waals surface area contributed by atoms with Gasteiger partial charge in [-0.15, -0.1) is 0 Å². The first-order chi connectivity index (χ1) is 17.9. The highest BCUT2D eigenvalue weighted by Gasteiger charge is 2.28. The third-order valence-corrected chi connectivity index (χ3v) is 6.48. The molecule has 0 N–H and O–H groups in total. The van der Waals surface area contributed by atoms with Crippen molar-refractivity contribution in [1.82, 2.24) is 14.5 Å². The Kier molecular flexibility index (Phi) is 8.11. The van der Waals surface area contributed by atoms with Gasteiger partial charge in [-0.1, -0.05) is 50.6 Å². The Labute approximate surface area is 218 Å². The van der Waals surface area contributed by atoms with E-state index in [2.05, 4.69) is 37.5 Å². The number of carbonyl (C=O) groups is 1. The predicted molar refractivity (Wildman–Crippen MR) is 144 cm³/mol. The SMILES string of the molecule is CCCc1cc(Cn2c(CC)nc3c(C)cc(C)nc32)ccc1OC(C(=O)OC)c1ccccc1OC. The van der Waals surface area contributed by atoms with Gasteiger partial charge in [0, 0.05) is 17.7 Å². The summed E-state index contributed by atoms with van der Waals surface area (Å²) in [4.78, 5) is 22.4. The van der Waals surface area contributed by atoms with Crippen molar-refractivity contribution in [3.8, 4) is 11.5 Å². The molecule has 37 heavy (non-hydrogen) atoms. The smallest absolute Gasteiger partial charge is 0.351 e. The summed E-state index contributed by atoms with van der Waals surface area (Å²) in [7, 11) is 2.94. The quantitative estimate of drug-likeness (QED) is 0.251. The van der Waals surface area contributed by atoms with E-state index in [0.717, 1.165) is 58.6 Å². The van der Waals surface area contributed by atoms with Crippen LogP contribution in [0.15, 0.2) is 48.5 Å². The van der Waals surface area contributed by atoms with Crippen LogP contribution in [0.2, 0.25) is 0 Å². The Morgan fingerprint density at radius 3 is 2.49 bits per heavy atom. The molecular formula is C30H35N3O4. The lowest BCUT2D eigenvalue weighted by Gasteiger charge is -2.21. The summed E-state index contributed by atoms with van der Waals surface area (Å²) in [6, 6.07) is 15.6. The molecule has 1 unspecified atom stereocenters. The van der Waals surface area contributed by atoms with E-state index in [9.17, 15) is 4.79 Å². The number of ether oxygens (including phenoxy) is 3. The van der Waals surface area contributed by atoms with E-state index in [1.807, 2.05) is 43.3 Å². The fourth-order valence-corrected chi connectivity index (χ4v) is 4.73. The van der Waals surface area contributed by atoms with Crippen molar-refractivity contribution in [3.05, 3.63) is 82.3 Å². The largest absolute Gasteiger partial charge is 0.496 e. The minimum absolute atomic E-state index is 0.481. The van der Waals surface area contributed by atoms with Crippen molar-refractivity contribution in [2.45, 2.75) is 59.6 Å². The molecule has 0 amide bonds. The molecule has 0 fully saturated rings. The summed E-state index contributed by atoms with van der Waals surface area (Å²) in [6.45, 7) is 8.99. The van der Waals surface area contributed by atoms with Gasteiger partial charge in [-0.05, 0) is 55.2 Å². The maximum atomic E-state index is 12.8. The van der Waals surface area contributed by atoms with Crippen LogP contribution in [-0.4, -0.2) is 34.7 Å². The second kappa shape index (κ2) is 11.5. The van der Waals surface area contributed by atoms with Crippen molar-refractivity contribution >= 4 is 17.1 Å². The van der Waals surface area contributed by atoms with Crippen LogP contribution < -0.4 is 9.47 Å². The normalized spacial score (nSPS) is 11.9. The number of esters is 1. The number of nitrogens with zero attached hydrogens (tertiary/aromatic N) is 3. The second-order valence-corrected chi connectivity index (χ2v) is 9.18. The molecule has 4 aromatic rings. The third-order valence-electron chi connectivity index (χ3n) is 6.48. The van der Waals surface area contributed by atoms with Crippen LogP contribution in [0.5, 0.6) is 11.5 Å². The Balaban J connectivity index is 1.71. The Hall–Kier alpha value is -3.87. The van der Waals surface area contributed by atoms with E-state index in [4.69, 9.17) is 24.2 Å². The zero-order valence-corrected chi connectivity index (χ0v) is 22.5. The van der Waals surface area contributed by atoms with E-state index < -0.39 is 12.1 Å². The third kappa shape index (κ3) is 5.45. The number of rotatable bonds is 10. The van der Waals surface area contributed by atoms with Gasteiger partial charge in [0.1, 0.15) is 22.8 Å². The molecule has 7 nitrogen and oxygen atoms in total. The number of aryl methyl sites for hydroxylation is 4. The molecule has 1 atom stereocenters. The van der Waals surface area contributed by atoms with Crippen molar-refractivity contribution in [2.24, 2.45) is 0 Å². The molecule has 0 spiro atoms. The molecule has 0 aliphatic heterocycles. The zero-order chi connectivity index (χ0) is 26.5. The van der Waals surface area contributed by atoms with Crippen molar-refractivity contribution in [1.29, 1.82) is 0 Å². The fraction of sp³-hybridized carbons (Fsp3) is 0.367. The van der Waals surface area contributed by atoms with Gasteiger partial charge in [0.05, 0.1) is 20.8 Å². The van der Waals surface area contributed by atoms with E-state index in [1.54, 1.807) is 7.11 Å². The van der Waals surface area contributed by atoms with E-state index in [0.29, 0.717) is 23.6 Å². The highest BCUT2D eigenvalue weighted by Crippen LogP contribution is 2.33. The summed E-state index contributed by atoms with van der Waals surface area (Å²) >= 11 is 0. The molecule has 0 bridgehead atoms. The van der Waals surface area contributed by atoms with E-state index in [-0.39, 0.29) is 0 Å². The van der Waals surface area contributed by atoms with Crippen molar-refractivity contribution < 1.29 is 19.0 Å². The van der Waals surface area contributed by atoms with Crippen LogP contribution in [0.4, 0.5) is 0 Å². The first-order valence-electron chi connectivity index (χ1n) is 12.7. The number of para-hydroxylation sites is 1. The average Bonchev–Trinajstić information content (AvgIpc) is 3.25. The number of hydrogen-bond acceptors (Lipinski definition) is 6. The van der Waals surface area contributed by atoms with Gasteiger partial charge in [0.2, 0.25) is 6.10 Å². The fourth-order valence-electron chi connectivity index (χ4n) is 4.73. The number of fused-ring (bicyclic) bond motifs is 1. The topological polar surface area (TPSA) is 75.5 Å². The molecule has 194 valence electrons. The minimum Gasteiger partial charge on any atom is -0.496 e.